The summed E-state index contributed by atoms with van der Waals surface area (Å²) >= 11 is 0. The van der Waals surface area contributed by atoms with Crippen LogP contribution < -0.4 is 16.9 Å². The molecule has 0 radical (unpaired) electrons. The summed E-state index contributed by atoms with van der Waals surface area (Å²) in [4.78, 5) is 11.3. The SMILES string of the molecule is CC=CS(=O)(=O)c1cc2ccc(NN)cc2oc1=O. The highest BCUT2D eigenvalue weighted by molar-refractivity contribution is 7.94. The molecule has 6 nitrogen and oxygen atoms in total. The van der Waals surface area contributed by atoms with Crippen LogP contribution in [0.25, 0.3) is 11.0 Å². The van der Waals surface area contributed by atoms with Crippen LogP contribution in [0.3, 0.4) is 0 Å². The summed E-state index contributed by atoms with van der Waals surface area (Å²) in [6.45, 7) is 1.55. The Kier molecular flexibility index (Phi) is 3.41. The van der Waals surface area contributed by atoms with Crippen molar-refractivity contribution in [1.29, 1.82) is 0 Å². The number of nitrogens with two attached hydrogens (primary N) is 1. The highest BCUT2D eigenvalue weighted by atomic mass is 32.2. The zero-order valence-corrected chi connectivity index (χ0v) is 10.9. The number of nitrogen functional groups attached to an aromatic ring is 1. The van der Waals surface area contributed by atoms with Crippen LogP contribution in [-0.2, 0) is 9.84 Å². The van der Waals surface area contributed by atoms with E-state index >= 15 is 0 Å². The van der Waals surface area contributed by atoms with Crippen molar-refractivity contribution in [2.24, 2.45) is 5.84 Å². The molecule has 3 N–H and O–H groups in total. The van der Waals surface area contributed by atoms with Crippen LogP contribution in [0.1, 0.15) is 6.92 Å². The maximum Gasteiger partial charge on any atom is 0.355 e. The van der Waals surface area contributed by atoms with Crippen LogP contribution in [0, 0.1) is 0 Å². The lowest BCUT2D eigenvalue weighted by atomic mass is 10.2. The molecule has 19 heavy (non-hydrogen) atoms. The Hall–Kier alpha value is -2.12. The second-order valence-electron chi connectivity index (χ2n) is 3.81. The Balaban J connectivity index is 2.74. The number of sulfone groups is 1. The minimum atomic E-state index is -3.78. The number of anilines is 1. The number of hydrogen-bond donors (Lipinski definition) is 2. The van der Waals surface area contributed by atoms with Crippen molar-refractivity contribution in [2.75, 3.05) is 5.43 Å². The van der Waals surface area contributed by atoms with E-state index in [1.54, 1.807) is 19.1 Å². The number of fused-ring (bicyclic) bond motifs is 1. The molecular weight excluding hydrogens is 268 g/mol. The second-order valence-corrected chi connectivity index (χ2v) is 5.61. The van der Waals surface area contributed by atoms with Gasteiger partial charge in [-0.25, -0.2) is 13.2 Å². The summed E-state index contributed by atoms with van der Waals surface area (Å²) in [6.07, 6.45) is 1.35. The predicted octanol–water partition coefficient (Wildman–Crippen LogP) is 1.39. The Bertz CT molecular complexity index is 806. The Morgan fingerprint density at radius 1 is 1.32 bits per heavy atom. The van der Waals surface area contributed by atoms with Crippen LogP contribution in [0.15, 0.2) is 49.9 Å². The first-order valence-corrected chi connectivity index (χ1v) is 6.95. The standard InChI is InChI=1S/C12H12N2O4S/c1-2-5-19(16,17)11-6-8-3-4-9(14-13)7-10(8)18-12(11)15/h2-7,14H,13H2,1H3. The summed E-state index contributed by atoms with van der Waals surface area (Å²) in [5.41, 5.74) is 2.33. The number of hydrogen-bond acceptors (Lipinski definition) is 6. The third-order valence-corrected chi connectivity index (χ3v) is 4.02. The van der Waals surface area contributed by atoms with Crippen molar-refractivity contribution in [3.05, 3.63) is 46.2 Å². The van der Waals surface area contributed by atoms with Crippen molar-refractivity contribution >= 4 is 26.5 Å². The molecule has 2 rings (SSSR count). The molecule has 0 atom stereocenters. The molecule has 0 aliphatic heterocycles. The lowest BCUT2D eigenvalue weighted by Gasteiger charge is -2.03. The summed E-state index contributed by atoms with van der Waals surface area (Å²) in [7, 11) is -3.78. The van der Waals surface area contributed by atoms with Crippen molar-refractivity contribution in [3.63, 3.8) is 0 Å². The van der Waals surface area contributed by atoms with Crippen LogP contribution in [0.5, 0.6) is 0 Å². The topological polar surface area (TPSA) is 102 Å². The molecule has 1 aromatic carbocycles. The van der Waals surface area contributed by atoms with Gasteiger partial charge in [0.2, 0.25) is 9.84 Å². The smallest absolute Gasteiger partial charge is 0.355 e. The fourth-order valence-corrected chi connectivity index (χ4v) is 2.70. The van der Waals surface area contributed by atoms with Crippen LogP contribution in [0.2, 0.25) is 0 Å². The van der Waals surface area contributed by atoms with E-state index in [0.717, 1.165) is 5.41 Å². The zero-order valence-electron chi connectivity index (χ0n) is 10.1. The quantitative estimate of drug-likeness (QED) is 0.500. The number of hydrazine groups is 1. The van der Waals surface area contributed by atoms with E-state index < -0.39 is 15.5 Å². The van der Waals surface area contributed by atoms with Crippen molar-refractivity contribution < 1.29 is 12.8 Å². The molecule has 1 heterocycles. The Morgan fingerprint density at radius 3 is 2.68 bits per heavy atom. The summed E-state index contributed by atoms with van der Waals surface area (Å²) in [5, 5.41) is 1.46. The van der Waals surface area contributed by atoms with Gasteiger partial charge in [0.15, 0.2) is 4.90 Å². The van der Waals surface area contributed by atoms with Gasteiger partial charge in [-0.1, -0.05) is 6.08 Å². The maximum atomic E-state index is 11.8. The van der Waals surface area contributed by atoms with Crippen LogP contribution in [-0.4, -0.2) is 8.42 Å². The highest BCUT2D eigenvalue weighted by Gasteiger charge is 2.17. The Morgan fingerprint density at radius 2 is 2.05 bits per heavy atom. The fourth-order valence-electron chi connectivity index (χ4n) is 1.63. The third-order valence-electron chi connectivity index (χ3n) is 2.49. The second kappa shape index (κ2) is 4.87. The normalized spacial score (nSPS) is 12.1. The van der Waals surface area contributed by atoms with E-state index in [1.807, 2.05) is 0 Å². The van der Waals surface area contributed by atoms with Gasteiger partial charge in [-0.15, -0.1) is 0 Å². The lowest BCUT2D eigenvalue weighted by molar-refractivity contribution is 0.534. The van der Waals surface area contributed by atoms with Gasteiger partial charge >= 0.3 is 5.63 Å². The largest absolute Gasteiger partial charge is 0.422 e. The fraction of sp³-hybridized carbons (Fsp3) is 0.0833. The lowest BCUT2D eigenvalue weighted by Crippen LogP contribution is -2.12. The molecular formula is C12H12N2O4S. The molecule has 0 amide bonds. The molecule has 7 heteroatoms. The van der Waals surface area contributed by atoms with Gasteiger partial charge in [0.1, 0.15) is 5.58 Å². The number of nitrogens with one attached hydrogen (secondary N) is 1. The number of benzene rings is 1. The average Bonchev–Trinajstić information content (AvgIpc) is 2.36. The minimum Gasteiger partial charge on any atom is -0.422 e. The summed E-state index contributed by atoms with van der Waals surface area (Å²) in [6, 6.07) is 6.07. The van der Waals surface area contributed by atoms with Crippen molar-refractivity contribution in [1.82, 2.24) is 0 Å². The molecule has 0 aliphatic rings. The van der Waals surface area contributed by atoms with Gasteiger partial charge < -0.3 is 9.84 Å². The highest BCUT2D eigenvalue weighted by Crippen LogP contribution is 2.20. The van der Waals surface area contributed by atoms with E-state index in [2.05, 4.69) is 5.43 Å². The van der Waals surface area contributed by atoms with E-state index in [-0.39, 0.29) is 10.5 Å². The first-order valence-electron chi connectivity index (χ1n) is 5.40. The molecule has 0 unspecified atom stereocenters. The van der Waals surface area contributed by atoms with Crippen LogP contribution in [0.4, 0.5) is 5.69 Å². The number of allylic oxidation sites excluding steroid dienone is 1. The zero-order chi connectivity index (χ0) is 14.0. The third kappa shape index (κ3) is 2.51. The predicted molar refractivity (Wildman–Crippen MR) is 72.3 cm³/mol. The van der Waals surface area contributed by atoms with E-state index in [4.69, 9.17) is 10.3 Å². The first-order chi connectivity index (χ1) is 8.97. The maximum absolute atomic E-state index is 11.8. The van der Waals surface area contributed by atoms with Gasteiger partial charge in [-0.05, 0) is 25.1 Å². The Labute approximate surface area is 109 Å². The van der Waals surface area contributed by atoms with E-state index in [9.17, 15) is 13.2 Å². The molecule has 0 spiro atoms. The molecule has 0 saturated heterocycles. The van der Waals surface area contributed by atoms with Gasteiger partial charge in [-0.2, -0.15) is 0 Å². The molecule has 1 aromatic heterocycles. The molecule has 0 fully saturated rings. The van der Waals surface area contributed by atoms with Crippen molar-refractivity contribution in [2.45, 2.75) is 11.8 Å². The van der Waals surface area contributed by atoms with Gasteiger partial charge in [0.25, 0.3) is 0 Å². The molecule has 2 aromatic rings. The first kappa shape index (κ1) is 13.3. The molecule has 100 valence electrons. The van der Waals surface area contributed by atoms with E-state index in [0.29, 0.717) is 11.1 Å². The summed E-state index contributed by atoms with van der Waals surface area (Å²) in [5.74, 6) is 5.24. The van der Waals surface area contributed by atoms with E-state index in [1.165, 1.54) is 18.2 Å². The van der Waals surface area contributed by atoms with Gasteiger partial charge in [0.05, 0.1) is 5.69 Å². The van der Waals surface area contributed by atoms with Gasteiger partial charge in [-0.3, -0.25) is 5.84 Å². The molecule has 0 aliphatic carbocycles. The van der Waals surface area contributed by atoms with Crippen molar-refractivity contribution in [3.8, 4) is 0 Å². The molecule has 0 saturated carbocycles. The number of rotatable bonds is 3. The van der Waals surface area contributed by atoms with Gasteiger partial charge in [0, 0.05) is 16.9 Å². The summed E-state index contributed by atoms with van der Waals surface area (Å²) < 4.78 is 28.7. The average molecular weight is 280 g/mol. The molecule has 0 bridgehead atoms. The monoisotopic (exact) mass is 280 g/mol. The minimum absolute atomic E-state index is 0.264. The van der Waals surface area contributed by atoms with Crippen LogP contribution >= 0.6 is 0 Å².